The quantitative estimate of drug-likeness (QED) is 0.300. The topological polar surface area (TPSA) is 108 Å². The molecule has 5 atom stereocenters. The number of hydrogen-bond acceptors (Lipinski definition) is 8. The van der Waals surface area contributed by atoms with Crippen molar-refractivity contribution < 1.29 is 33.6 Å². The maximum Gasteiger partial charge on any atom is 0.339 e. The van der Waals surface area contributed by atoms with Crippen molar-refractivity contribution in [2.24, 2.45) is 0 Å². The summed E-state index contributed by atoms with van der Waals surface area (Å²) < 4.78 is 29.7. The molecule has 8 nitrogen and oxygen atoms in total. The van der Waals surface area contributed by atoms with Crippen LogP contribution in [0.2, 0.25) is 0 Å². The SMILES string of the molecule is CC[C@]1(C)OC(Oc2ccc3c(OC(c4ccccc4)c4ccccc4)cc(=O)oc3c2C)C(O)C(O)C1OC. The van der Waals surface area contributed by atoms with Crippen LogP contribution in [0.3, 0.4) is 0 Å². The molecule has 5 rings (SSSR count). The Morgan fingerprint density at radius 1 is 0.925 bits per heavy atom. The van der Waals surface area contributed by atoms with Crippen molar-refractivity contribution in [1.29, 1.82) is 0 Å². The number of aryl methyl sites for hydroxylation is 1. The molecule has 4 unspecified atom stereocenters. The van der Waals surface area contributed by atoms with E-state index in [2.05, 4.69) is 0 Å². The second-order valence-corrected chi connectivity index (χ2v) is 10.2. The molecule has 0 spiro atoms. The molecule has 210 valence electrons. The second kappa shape index (κ2) is 11.4. The molecule has 2 N–H and O–H groups in total. The number of hydrogen-bond donors (Lipinski definition) is 2. The maximum atomic E-state index is 12.7. The Hall–Kier alpha value is -3.69. The molecule has 4 aromatic rings. The molecule has 0 bridgehead atoms. The average Bonchev–Trinajstić information content (AvgIpc) is 2.97. The van der Waals surface area contributed by atoms with Gasteiger partial charge in [0, 0.05) is 12.7 Å². The van der Waals surface area contributed by atoms with Gasteiger partial charge >= 0.3 is 5.63 Å². The van der Waals surface area contributed by atoms with Crippen molar-refractivity contribution in [3.63, 3.8) is 0 Å². The molecular formula is C32H34O8. The lowest BCUT2D eigenvalue weighted by Crippen LogP contribution is -2.64. The predicted octanol–water partition coefficient (Wildman–Crippen LogP) is 4.91. The van der Waals surface area contributed by atoms with E-state index in [4.69, 9.17) is 23.4 Å². The third-order valence-corrected chi connectivity index (χ3v) is 7.65. The summed E-state index contributed by atoms with van der Waals surface area (Å²) in [6, 6.07) is 24.3. The molecule has 1 fully saturated rings. The minimum Gasteiger partial charge on any atom is -0.480 e. The lowest BCUT2D eigenvalue weighted by molar-refractivity contribution is -0.311. The van der Waals surface area contributed by atoms with E-state index in [1.54, 1.807) is 26.0 Å². The Bertz CT molecular complexity index is 1460. The summed E-state index contributed by atoms with van der Waals surface area (Å²) in [4.78, 5) is 12.7. The van der Waals surface area contributed by atoms with Crippen molar-refractivity contribution in [2.75, 3.05) is 7.11 Å². The average molecular weight is 547 g/mol. The van der Waals surface area contributed by atoms with Gasteiger partial charge in [0.1, 0.15) is 41.5 Å². The van der Waals surface area contributed by atoms with E-state index >= 15 is 0 Å². The van der Waals surface area contributed by atoms with Gasteiger partial charge < -0.3 is 33.6 Å². The molecule has 8 heteroatoms. The fourth-order valence-corrected chi connectivity index (χ4v) is 5.25. The van der Waals surface area contributed by atoms with E-state index in [-0.39, 0.29) is 0 Å². The zero-order chi connectivity index (χ0) is 28.4. The molecule has 1 aromatic heterocycles. The molecule has 0 aliphatic carbocycles. The third-order valence-electron chi connectivity index (χ3n) is 7.65. The van der Waals surface area contributed by atoms with Crippen molar-refractivity contribution in [3.05, 3.63) is 106 Å². The zero-order valence-corrected chi connectivity index (χ0v) is 22.9. The molecule has 0 radical (unpaired) electrons. The highest BCUT2D eigenvalue weighted by molar-refractivity contribution is 5.87. The second-order valence-electron chi connectivity index (χ2n) is 10.2. The molecule has 1 aliphatic heterocycles. The van der Waals surface area contributed by atoms with E-state index < -0.39 is 41.9 Å². The van der Waals surface area contributed by atoms with Crippen molar-refractivity contribution in [3.8, 4) is 11.5 Å². The highest BCUT2D eigenvalue weighted by Gasteiger charge is 2.52. The number of fused-ring (bicyclic) bond motifs is 1. The fraction of sp³-hybridized carbons (Fsp3) is 0.344. The van der Waals surface area contributed by atoms with Crippen LogP contribution in [0.15, 0.2) is 88.1 Å². The smallest absolute Gasteiger partial charge is 0.339 e. The molecule has 1 saturated heterocycles. The molecule has 1 aliphatic rings. The highest BCUT2D eigenvalue weighted by atomic mass is 16.7. The molecule has 3 aromatic carbocycles. The minimum atomic E-state index is -1.36. The minimum absolute atomic E-state index is 0.291. The summed E-state index contributed by atoms with van der Waals surface area (Å²) in [5, 5.41) is 22.1. The Morgan fingerprint density at radius 2 is 1.55 bits per heavy atom. The van der Waals surface area contributed by atoms with Crippen LogP contribution in [0.4, 0.5) is 0 Å². The van der Waals surface area contributed by atoms with Crippen LogP contribution in [-0.2, 0) is 9.47 Å². The fourth-order valence-electron chi connectivity index (χ4n) is 5.25. The Kier molecular flexibility index (Phi) is 7.96. The van der Waals surface area contributed by atoms with Gasteiger partial charge in [0.25, 0.3) is 0 Å². The Morgan fingerprint density at radius 3 is 2.12 bits per heavy atom. The number of ether oxygens (including phenoxy) is 4. The van der Waals surface area contributed by atoms with Gasteiger partial charge in [0.15, 0.2) is 0 Å². The summed E-state index contributed by atoms with van der Waals surface area (Å²) in [7, 11) is 1.47. The molecule has 40 heavy (non-hydrogen) atoms. The molecule has 0 amide bonds. The maximum absolute atomic E-state index is 12.7. The first kappa shape index (κ1) is 27.9. The van der Waals surface area contributed by atoms with Gasteiger partial charge in [-0.15, -0.1) is 0 Å². The zero-order valence-electron chi connectivity index (χ0n) is 22.9. The van der Waals surface area contributed by atoms with Crippen LogP contribution in [-0.4, -0.2) is 47.5 Å². The normalized spacial score (nSPS) is 24.8. The van der Waals surface area contributed by atoms with Gasteiger partial charge in [-0.05, 0) is 43.5 Å². The summed E-state index contributed by atoms with van der Waals surface area (Å²) >= 11 is 0. The predicted molar refractivity (Wildman–Crippen MR) is 150 cm³/mol. The van der Waals surface area contributed by atoms with Crippen LogP contribution in [0.1, 0.15) is 43.1 Å². The van der Waals surface area contributed by atoms with E-state index in [0.717, 1.165) is 11.1 Å². The van der Waals surface area contributed by atoms with Gasteiger partial charge in [-0.25, -0.2) is 4.79 Å². The van der Waals surface area contributed by atoms with Crippen molar-refractivity contribution in [1.82, 2.24) is 0 Å². The van der Waals surface area contributed by atoms with E-state index in [9.17, 15) is 15.0 Å². The molecule has 2 heterocycles. The van der Waals surface area contributed by atoms with Gasteiger partial charge in [-0.2, -0.15) is 0 Å². The first-order valence-corrected chi connectivity index (χ1v) is 13.3. The highest BCUT2D eigenvalue weighted by Crippen LogP contribution is 2.39. The number of aliphatic hydroxyl groups is 2. The van der Waals surface area contributed by atoms with Crippen LogP contribution < -0.4 is 15.1 Å². The molecular weight excluding hydrogens is 512 g/mol. The monoisotopic (exact) mass is 546 g/mol. The van der Waals surface area contributed by atoms with Gasteiger partial charge in [-0.1, -0.05) is 67.6 Å². The van der Waals surface area contributed by atoms with Crippen LogP contribution in [0.5, 0.6) is 11.5 Å². The third kappa shape index (κ3) is 5.23. The number of methoxy groups -OCH3 is 1. The summed E-state index contributed by atoms with van der Waals surface area (Å²) in [6.07, 6.45) is -4.43. The van der Waals surface area contributed by atoms with Crippen molar-refractivity contribution >= 4 is 11.0 Å². The van der Waals surface area contributed by atoms with Crippen LogP contribution >= 0.6 is 0 Å². The number of benzene rings is 3. The first-order valence-electron chi connectivity index (χ1n) is 13.3. The standard InChI is InChI=1S/C32H34O8/c1-5-32(3)30(36-4)26(34)27(35)31(40-32)38-23-17-16-22-24(18-25(33)39-28(22)19(23)2)37-29(20-12-8-6-9-13-20)21-14-10-7-11-15-21/h6-18,26-27,29-31,34-35H,5H2,1-4H3/t26?,27?,30?,31?,32-/m0/s1. The largest absolute Gasteiger partial charge is 0.480 e. The van der Waals surface area contributed by atoms with E-state index in [0.29, 0.717) is 34.5 Å². The lowest BCUT2D eigenvalue weighted by Gasteiger charge is -2.47. The summed E-state index contributed by atoms with van der Waals surface area (Å²) in [6.45, 7) is 5.46. The van der Waals surface area contributed by atoms with E-state index in [1.807, 2.05) is 67.6 Å². The lowest BCUT2D eigenvalue weighted by atomic mass is 9.86. The Labute approximate surface area is 232 Å². The van der Waals surface area contributed by atoms with Crippen LogP contribution in [0, 0.1) is 6.92 Å². The number of aliphatic hydroxyl groups excluding tert-OH is 2. The van der Waals surface area contributed by atoms with Gasteiger partial charge in [0.05, 0.1) is 17.1 Å². The van der Waals surface area contributed by atoms with Gasteiger partial charge in [-0.3, -0.25) is 0 Å². The van der Waals surface area contributed by atoms with Crippen molar-refractivity contribution in [2.45, 2.75) is 63.5 Å². The van der Waals surface area contributed by atoms with Crippen LogP contribution in [0.25, 0.3) is 11.0 Å². The van der Waals surface area contributed by atoms with Gasteiger partial charge in [0.2, 0.25) is 6.29 Å². The van der Waals surface area contributed by atoms with E-state index in [1.165, 1.54) is 13.2 Å². The Balaban J connectivity index is 1.51. The summed E-state index contributed by atoms with van der Waals surface area (Å²) in [5.74, 6) is 0.700. The number of rotatable bonds is 8. The first-order chi connectivity index (χ1) is 19.3. The molecule has 0 saturated carbocycles. The summed E-state index contributed by atoms with van der Waals surface area (Å²) in [5.41, 5.74) is 1.21.